The molecule has 1 aromatic heterocycles. The maximum atomic E-state index is 5.66. The summed E-state index contributed by atoms with van der Waals surface area (Å²) in [7, 11) is 0. The van der Waals surface area contributed by atoms with Gasteiger partial charge in [0.1, 0.15) is 5.58 Å². The van der Waals surface area contributed by atoms with Gasteiger partial charge in [0.15, 0.2) is 5.09 Å². The fourth-order valence-electron chi connectivity index (χ4n) is 1.76. The van der Waals surface area contributed by atoms with Gasteiger partial charge in [-0.2, -0.15) is 0 Å². The quantitative estimate of drug-likeness (QED) is 0.677. The Kier molecular flexibility index (Phi) is 4.94. The van der Waals surface area contributed by atoms with Gasteiger partial charge in [-0.05, 0) is 42.9 Å². The number of benzene rings is 1. The average molecular weight is 236 g/mol. The molecular formula is C14H20OS. The number of hydrogen-bond donors (Lipinski definition) is 0. The van der Waals surface area contributed by atoms with E-state index in [4.69, 9.17) is 4.42 Å². The van der Waals surface area contributed by atoms with Crippen LogP contribution in [0.5, 0.6) is 0 Å². The van der Waals surface area contributed by atoms with Crippen LogP contribution in [0.1, 0.15) is 31.9 Å². The molecule has 0 aliphatic carbocycles. The van der Waals surface area contributed by atoms with Crippen LogP contribution in [0, 0.1) is 6.92 Å². The Morgan fingerprint density at radius 3 is 2.50 bits per heavy atom. The average Bonchev–Trinajstić information content (AvgIpc) is 2.76. The molecule has 16 heavy (non-hydrogen) atoms. The normalized spacial score (nSPS) is 10.1. The third-order valence-electron chi connectivity index (χ3n) is 2.64. The van der Waals surface area contributed by atoms with E-state index in [-0.39, 0.29) is 0 Å². The minimum atomic E-state index is 0.997. The highest BCUT2D eigenvalue weighted by molar-refractivity contribution is 7.98. The third kappa shape index (κ3) is 2.43. The molecule has 0 bridgehead atoms. The molecule has 0 amide bonds. The van der Waals surface area contributed by atoms with Gasteiger partial charge in [-0.25, -0.2) is 0 Å². The van der Waals surface area contributed by atoms with Crippen molar-refractivity contribution in [2.24, 2.45) is 0 Å². The highest BCUT2D eigenvalue weighted by atomic mass is 32.2. The van der Waals surface area contributed by atoms with Crippen LogP contribution < -0.4 is 0 Å². The fraction of sp³-hybridized carbons (Fsp3) is 0.429. The van der Waals surface area contributed by atoms with Crippen LogP contribution in [0.3, 0.4) is 0 Å². The molecule has 0 saturated heterocycles. The highest BCUT2D eigenvalue weighted by Crippen LogP contribution is 2.29. The van der Waals surface area contributed by atoms with E-state index in [1.54, 1.807) is 11.8 Å². The first kappa shape index (κ1) is 13.2. The van der Waals surface area contributed by atoms with Crippen molar-refractivity contribution in [2.75, 3.05) is 6.26 Å². The topological polar surface area (TPSA) is 13.1 Å². The summed E-state index contributed by atoms with van der Waals surface area (Å²) in [4.78, 5) is 0. The van der Waals surface area contributed by atoms with Gasteiger partial charge in [0.05, 0.1) is 0 Å². The molecule has 2 heteroatoms. The van der Waals surface area contributed by atoms with Crippen molar-refractivity contribution in [3.8, 4) is 0 Å². The molecule has 0 unspecified atom stereocenters. The zero-order valence-corrected chi connectivity index (χ0v) is 11.6. The Bertz CT molecular complexity index is 457. The first-order chi connectivity index (χ1) is 7.76. The summed E-state index contributed by atoms with van der Waals surface area (Å²) in [6.07, 6.45) is 3.12. The molecule has 88 valence electrons. The molecule has 1 nitrogen and oxygen atoms in total. The lowest BCUT2D eigenvalue weighted by Gasteiger charge is -2.01. The lowest BCUT2D eigenvalue weighted by atomic mass is 10.0. The van der Waals surface area contributed by atoms with E-state index in [1.807, 2.05) is 20.1 Å². The van der Waals surface area contributed by atoms with Gasteiger partial charge in [0.2, 0.25) is 0 Å². The van der Waals surface area contributed by atoms with Crippen molar-refractivity contribution in [3.63, 3.8) is 0 Å². The maximum absolute atomic E-state index is 5.66. The van der Waals surface area contributed by atoms with Crippen LogP contribution in [0.25, 0.3) is 11.0 Å². The van der Waals surface area contributed by atoms with Crippen LogP contribution in [-0.2, 0) is 6.42 Å². The van der Waals surface area contributed by atoms with E-state index in [2.05, 4.69) is 32.0 Å². The predicted octanol–water partition coefficient (Wildman–Crippen LogP) is 5.05. The second-order valence-corrected chi connectivity index (χ2v) is 4.20. The molecule has 1 heterocycles. The van der Waals surface area contributed by atoms with Crippen molar-refractivity contribution in [3.05, 3.63) is 29.3 Å². The van der Waals surface area contributed by atoms with Crippen LogP contribution in [-0.4, -0.2) is 6.26 Å². The molecule has 0 spiro atoms. The number of aryl methyl sites for hydroxylation is 2. The van der Waals surface area contributed by atoms with Crippen molar-refractivity contribution >= 4 is 22.7 Å². The Morgan fingerprint density at radius 1 is 1.25 bits per heavy atom. The molecule has 0 saturated carbocycles. The first-order valence-electron chi connectivity index (χ1n) is 5.82. The van der Waals surface area contributed by atoms with E-state index in [0.29, 0.717) is 0 Å². The maximum Gasteiger partial charge on any atom is 0.161 e. The number of fused-ring (bicyclic) bond motifs is 1. The molecule has 0 aliphatic rings. The zero-order valence-electron chi connectivity index (χ0n) is 10.8. The second-order valence-electron chi connectivity index (χ2n) is 3.38. The summed E-state index contributed by atoms with van der Waals surface area (Å²) in [6.45, 7) is 8.35. The van der Waals surface area contributed by atoms with Crippen LogP contribution >= 0.6 is 11.8 Å². The zero-order chi connectivity index (χ0) is 12.1. The number of furan rings is 1. The summed E-state index contributed by atoms with van der Waals surface area (Å²) in [6, 6.07) is 6.36. The van der Waals surface area contributed by atoms with Gasteiger partial charge in [-0.15, -0.1) is 0 Å². The lowest BCUT2D eigenvalue weighted by molar-refractivity contribution is 0.515. The van der Waals surface area contributed by atoms with Crippen LogP contribution in [0.2, 0.25) is 0 Å². The molecule has 0 radical (unpaired) electrons. The summed E-state index contributed by atoms with van der Waals surface area (Å²) in [5.41, 5.74) is 3.77. The number of thioether (sulfide) groups is 1. The van der Waals surface area contributed by atoms with Crippen molar-refractivity contribution in [1.82, 2.24) is 0 Å². The minimum Gasteiger partial charge on any atom is -0.450 e. The van der Waals surface area contributed by atoms with Gasteiger partial charge in [0, 0.05) is 5.39 Å². The van der Waals surface area contributed by atoms with E-state index in [1.165, 1.54) is 16.5 Å². The summed E-state index contributed by atoms with van der Waals surface area (Å²) >= 11 is 1.65. The van der Waals surface area contributed by atoms with Gasteiger partial charge < -0.3 is 4.42 Å². The van der Waals surface area contributed by atoms with Gasteiger partial charge in [-0.3, -0.25) is 0 Å². The number of rotatable bonds is 2. The molecule has 1 aromatic carbocycles. The molecule has 0 fully saturated rings. The van der Waals surface area contributed by atoms with E-state index in [9.17, 15) is 0 Å². The Morgan fingerprint density at radius 2 is 1.94 bits per heavy atom. The molecule has 0 N–H and O–H groups in total. The standard InChI is InChI=1S/C12H14OS.C2H6/c1-4-9-5-6-11-10(8(9)2)7-12(13-11)14-3;1-2/h5-7H,4H2,1-3H3;1-2H3. The smallest absolute Gasteiger partial charge is 0.161 e. The minimum absolute atomic E-state index is 0.997. The van der Waals surface area contributed by atoms with Crippen LogP contribution in [0.4, 0.5) is 0 Å². The summed E-state index contributed by atoms with van der Waals surface area (Å²) in [5.74, 6) is 0. The largest absolute Gasteiger partial charge is 0.450 e. The van der Waals surface area contributed by atoms with Gasteiger partial charge in [-0.1, -0.05) is 38.6 Å². The SMILES string of the molecule is CC.CCc1ccc2oc(SC)cc2c1C. The van der Waals surface area contributed by atoms with E-state index in [0.717, 1.165) is 17.1 Å². The molecule has 2 aromatic rings. The monoisotopic (exact) mass is 236 g/mol. The lowest BCUT2D eigenvalue weighted by Crippen LogP contribution is -1.85. The molecular weight excluding hydrogens is 216 g/mol. The third-order valence-corrected chi connectivity index (χ3v) is 3.25. The molecule has 0 atom stereocenters. The van der Waals surface area contributed by atoms with Crippen molar-refractivity contribution < 1.29 is 4.42 Å². The van der Waals surface area contributed by atoms with E-state index >= 15 is 0 Å². The number of hydrogen-bond acceptors (Lipinski definition) is 2. The Balaban J connectivity index is 0.000000606. The molecule has 2 rings (SSSR count). The van der Waals surface area contributed by atoms with Crippen molar-refractivity contribution in [2.45, 2.75) is 39.2 Å². The molecule has 0 aliphatic heterocycles. The highest BCUT2D eigenvalue weighted by Gasteiger charge is 2.07. The van der Waals surface area contributed by atoms with Crippen LogP contribution in [0.15, 0.2) is 27.7 Å². The van der Waals surface area contributed by atoms with Gasteiger partial charge in [0.25, 0.3) is 0 Å². The predicted molar refractivity (Wildman–Crippen MR) is 73.5 cm³/mol. The Hall–Kier alpha value is -0.890. The first-order valence-corrected chi connectivity index (χ1v) is 7.04. The van der Waals surface area contributed by atoms with E-state index < -0.39 is 0 Å². The fourth-order valence-corrected chi connectivity index (χ4v) is 2.17. The van der Waals surface area contributed by atoms with Crippen molar-refractivity contribution in [1.29, 1.82) is 0 Å². The summed E-state index contributed by atoms with van der Waals surface area (Å²) < 4.78 is 5.66. The Labute approximate surface area is 102 Å². The second kappa shape index (κ2) is 6.00. The van der Waals surface area contributed by atoms with Gasteiger partial charge >= 0.3 is 0 Å². The summed E-state index contributed by atoms with van der Waals surface area (Å²) in [5, 5.41) is 2.25.